The maximum atomic E-state index is 5.89. The van der Waals surface area contributed by atoms with Crippen LogP contribution in [0.1, 0.15) is 17.6 Å². The van der Waals surface area contributed by atoms with Gasteiger partial charge in [0.2, 0.25) is 5.95 Å². The molecule has 80 valence electrons. The standard InChI is InChI=1S/C7H12N8/c8-5(1-4-2-11-3-12-4)6-13-14-7(9)15(6)10/h2-3,5H,1,8,10H2,(H2,9,14)(H,11,12). The zero-order valence-electron chi connectivity index (χ0n) is 7.96. The lowest BCUT2D eigenvalue weighted by Gasteiger charge is -2.08. The van der Waals surface area contributed by atoms with E-state index in [1.807, 2.05) is 0 Å². The van der Waals surface area contributed by atoms with Gasteiger partial charge in [-0.3, -0.25) is 0 Å². The van der Waals surface area contributed by atoms with Crippen LogP contribution in [0.3, 0.4) is 0 Å². The first kappa shape index (κ1) is 9.46. The van der Waals surface area contributed by atoms with Crippen LogP contribution in [-0.4, -0.2) is 24.8 Å². The molecule has 0 saturated heterocycles. The Morgan fingerprint density at radius 1 is 1.47 bits per heavy atom. The van der Waals surface area contributed by atoms with E-state index in [2.05, 4.69) is 20.2 Å². The van der Waals surface area contributed by atoms with E-state index in [0.717, 1.165) is 5.69 Å². The van der Waals surface area contributed by atoms with E-state index in [4.69, 9.17) is 17.3 Å². The molecular formula is C7H12N8. The lowest BCUT2D eigenvalue weighted by Crippen LogP contribution is -2.24. The van der Waals surface area contributed by atoms with Crippen molar-refractivity contribution in [3.8, 4) is 0 Å². The Labute approximate surface area is 85.5 Å². The third-order valence-corrected chi connectivity index (χ3v) is 2.07. The highest BCUT2D eigenvalue weighted by atomic mass is 15.4. The fraction of sp³-hybridized carbons (Fsp3) is 0.286. The molecule has 0 spiro atoms. The number of anilines is 1. The van der Waals surface area contributed by atoms with Gasteiger partial charge in [-0.15, -0.1) is 10.2 Å². The van der Waals surface area contributed by atoms with Gasteiger partial charge in [-0.2, -0.15) is 0 Å². The highest BCUT2D eigenvalue weighted by Gasteiger charge is 2.16. The maximum absolute atomic E-state index is 5.89. The topological polar surface area (TPSA) is 137 Å². The molecule has 0 aliphatic heterocycles. The molecule has 0 aromatic carbocycles. The van der Waals surface area contributed by atoms with E-state index in [1.165, 1.54) is 4.68 Å². The first-order chi connectivity index (χ1) is 7.18. The summed E-state index contributed by atoms with van der Waals surface area (Å²) in [5.74, 6) is 6.18. The van der Waals surface area contributed by atoms with Gasteiger partial charge in [-0.25, -0.2) is 9.66 Å². The summed E-state index contributed by atoms with van der Waals surface area (Å²) in [6.07, 6.45) is 3.83. The SMILES string of the molecule is Nc1nnc(C(N)Cc2cnc[nH]2)n1N. The van der Waals surface area contributed by atoms with Crippen LogP contribution in [0.15, 0.2) is 12.5 Å². The van der Waals surface area contributed by atoms with Gasteiger partial charge in [0.1, 0.15) is 0 Å². The molecule has 2 aromatic heterocycles. The lowest BCUT2D eigenvalue weighted by molar-refractivity contribution is 0.636. The van der Waals surface area contributed by atoms with Crippen molar-refractivity contribution in [2.24, 2.45) is 5.73 Å². The smallest absolute Gasteiger partial charge is 0.240 e. The fourth-order valence-electron chi connectivity index (χ4n) is 1.29. The largest absolute Gasteiger partial charge is 0.366 e. The van der Waals surface area contributed by atoms with Crippen molar-refractivity contribution >= 4 is 5.95 Å². The number of hydrogen-bond acceptors (Lipinski definition) is 6. The van der Waals surface area contributed by atoms with Gasteiger partial charge in [-0.1, -0.05) is 0 Å². The van der Waals surface area contributed by atoms with Crippen molar-refractivity contribution in [2.75, 3.05) is 11.6 Å². The molecule has 2 rings (SSSR count). The zero-order valence-corrected chi connectivity index (χ0v) is 7.96. The van der Waals surface area contributed by atoms with Gasteiger partial charge >= 0.3 is 0 Å². The first-order valence-corrected chi connectivity index (χ1v) is 4.37. The molecule has 0 fully saturated rings. The van der Waals surface area contributed by atoms with Crippen molar-refractivity contribution in [3.63, 3.8) is 0 Å². The van der Waals surface area contributed by atoms with Crippen molar-refractivity contribution in [1.29, 1.82) is 0 Å². The Morgan fingerprint density at radius 2 is 2.27 bits per heavy atom. The number of aromatic amines is 1. The lowest BCUT2D eigenvalue weighted by atomic mass is 10.2. The first-order valence-electron chi connectivity index (χ1n) is 4.37. The van der Waals surface area contributed by atoms with E-state index in [1.54, 1.807) is 12.5 Å². The van der Waals surface area contributed by atoms with Crippen molar-refractivity contribution < 1.29 is 0 Å². The van der Waals surface area contributed by atoms with Gasteiger partial charge < -0.3 is 22.3 Å². The predicted molar refractivity (Wildman–Crippen MR) is 53.8 cm³/mol. The molecular weight excluding hydrogens is 196 g/mol. The van der Waals surface area contributed by atoms with Crippen molar-refractivity contribution in [3.05, 3.63) is 24.0 Å². The molecule has 8 heteroatoms. The highest BCUT2D eigenvalue weighted by Crippen LogP contribution is 2.12. The molecule has 0 radical (unpaired) electrons. The average molecular weight is 208 g/mol. The number of hydrogen-bond donors (Lipinski definition) is 4. The van der Waals surface area contributed by atoms with Crippen LogP contribution in [-0.2, 0) is 6.42 Å². The zero-order chi connectivity index (χ0) is 10.8. The monoisotopic (exact) mass is 208 g/mol. The van der Waals surface area contributed by atoms with E-state index in [-0.39, 0.29) is 12.0 Å². The number of nitrogen functional groups attached to an aromatic ring is 2. The Balaban J connectivity index is 2.14. The maximum Gasteiger partial charge on any atom is 0.240 e. The Kier molecular flexibility index (Phi) is 2.26. The van der Waals surface area contributed by atoms with Gasteiger partial charge in [0.15, 0.2) is 5.82 Å². The highest BCUT2D eigenvalue weighted by molar-refractivity contribution is 5.19. The van der Waals surface area contributed by atoms with Crippen LogP contribution in [0.25, 0.3) is 0 Å². The number of imidazole rings is 1. The third-order valence-electron chi connectivity index (χ3n) is 2.07. The molecule has 8 nitrogen and oxygen atoms in total. The van der Waals surface area contributed by atoms with E-state index >= 15 is 0 Å². The van der Waals surface area contributed by atoms with Crippen LogP contribution >= 0.6 is 0 Å². The summed E-state index contributed by atoms with van der Waals surface area (Å²) in [7, 11) is 0. The summed E-state index contributed by atoms with van der Waals surface area (Å²) in [6, 6.07) is -0.361. The Bertz CT molecular complexity index is 430. The molecule has 2 heterocycles. The Morgan fingerprint density at radius 3 is 2.80 bits per heavy atom. The summed E-state index contributed by atoms with van der Waals surface area (Å²) in [4.78, 5) is 6.83. The molecule has 0 aliphatic carbocycles. The second kappa shape index (κ2) is 3.58. The summed E-state index contributed by atoms with van der Waals surface area (Å²) in [6.45, 7) is 0. The van der Waals surface area contributed by atoms with E-state index in [0.29, 0.717) is 12.2 Å². The minimum absolute atomic E-state index is 0.144. The molecule has 2 aromatic rings. The van der Waals surface area contributed by atoms with Crippen molar-refractivity contribution in [2.45, 2.75) is 12.5 Å². The minimum Gasteiger partial charge on any atom is -0.366 e. The normalized spacial score (nSPS) is 12.9. The summed E-state index contributed by atoms with van der Waals surface area (Å²) in [5.41, 5.74) is 12.2. The third kappa shape index (κ3) is 1.74. The van der Waals surface area contributed by atoms with Gasteiger partial charge in [0.25, 0.3) is 0 Å². The van der Waals surface area contributed by atoms with E-state index in [9.17, 15) is 0 Å². The number of rotatable bonds is 3. The van der Waals surface area contributed by atoms with Gasteiger partial charge in [0.05, 0.1) is 12.4 Å². The molecule has 15 heavy (non-hydrogen) atoms. The van der Waals surface area contributed by atoms with Crippen LogP contribution in [0.4, 0.5) is 5.95 Å². The molecule has 0 amide bonds. The van der Waals surface area contributed by atoms with Crippen LogP contribution < -0.4 is 17.3 Å². The second-order valence-electron chi connectivity index (χ2n) is 3.17. The van der Waals surface area contributed by atoms with Gasteiger partial charge in [-0.05, 0) is 0 Å². The number of aromatic nitrogens is 5. The van der Waals surface area contributed by atoms with Crippen LogP contribution in [0.2, 0.25) is 0 Å². The molecule has 1 atom stereocenters. The molecule has 7 N–H and O–H groups in total. The molecule has 0 saturated carbocycles. The summed E-state index contributed by atoms with van der Waals surface area (Å²) < 4.78 is 1.18. The number of H-pyrrole nitrogens is 1. The molecule has 0 aliphatic rings. The van der Waals surface area contributed by atoms with Gasteiger partial charge in [0, 0.05) is 18.3 Å². The number of nitrogens with zero attached hydrogens (tertiary/aromatic N) is 4. The second-order valence-corrected chi connectivity index (χ2v) is 3.17. The fourth-order valence-corrected chi connectivity index (χ4v) is 1.29. The van der Waals surface area contributed by atoms with Crippen LogP contribution in [0.5, 0.6) is 0 Å². The summed E-state index contributed by atoms with van der Waals surface area (Å²) in [5, 5.41) is 7.43. The quantitative estimate of drug-likeness (QED) is 0.455. The molecule has 1 unspecified atom stereocenters. The van der Waals surface area contributed by atoms with E-state index < -0.39 is 0 Å². The summed E-state index contributed by atoms with van der Waals surface area (Å²) >= 11 is 0. The number of nitrogens with one attached hydrogen (secondary N) is 1. The van der Waals surface area contributed by atoms with Crippen molar-refractivity contribution in [1.82, 2.24) is 24.8 Å². The molecule has 0 bridgehead atoms. The Hall–Kier alpha value is -2.09. The minimum atomic E-state index is -0.361. The van der Waals surface area contributed by atoms with Crippen LogP contribution in [0, 0.1) is 0 Å². The average Bonchev–Trinajstić information content (AvgIpc) is 2.79. The predicted octanol–water partition coefficient (Wildman–Crippen LogP) is -1.46. The number of nitrogens with two attached hydrogens (primary N) is 3.